The van der Waals surface area contributed by atoms with Crippen molar-refractivity contribution < 1.29 is 13.2 Å². The number of benzene rings is 1. The van der Waals surface area contributed by atoms with Gasteiger partial charge in [0.15, 0.2) is 17.5 Å². The summed E-state index contributed by atoms with van der Waals surface area (Å²) in [6, 6.07) is 1.67. The van der Waals surface area contributed by atoms with Gasteiger partial charge in [0.05, 0.1) is 0 Å². The summed E-state index contributed by atoms with van der Waals surface area (Å²) in [7, 11) is 0. The van der Waals surface area contributed by atoms with Crippen molar-refractivity contribution in [2.75, 3.05) is 13.1 Å². The second-order valence-corrected chi connectivity index (χ2v) is 5.13. The molecule has 3 N–H and O–H groups in total. The summed E-state index contributed by atoms with van der Waals surface area (Å²) in [5.41, 5.74) is 5.96. The fraction of sp³-hybridized carbons (Fsp3) is 0.571. The largest absolute Gasteiger partial charge is 0.329 e. The molecule has 1 unspecified atom stereocenters. The van der Waals surface area contributed by atoms with Crippen LogP contribution >= 0.6 is 0 Å². The highest BCUT2D eigenvalue weighted by Gasteiger charge is 2.19. The van der Waals surface area contributed by atoms with E-state index in [4.69, 9.17) is 5.73 Å². The van der Waals surface area contributed by atoms with Gasteiger partial charge in [-0.2, -0.15) is 0 Å². The first-order chi connectivity index (χ1) is 9.11. The monoisotopic (exact) mass is 272 g/mol. The average Bonchev–Trinajstić information content (AvgIpc) is 2.33. The Labute approximate surface area is 111 Å². The molecular formula is C14H19F3N2. The summed E-state index contributed by atoms with van der Waals surface area (Å²) in [6.07, 6.45) is 4.85. The Morgan fingerprint density at radius 2 is 1.84 bits per heavy atom. The minimum absolute atomic E-state index is 0.217. The number of nitrogens with two attached hydrogens (primary N) is 1. The molecule has 0 heterocycles. The second kappa shape index (κ2) is 6.39. The van der Waals surface area contributed by atoms with Crippen LogP contribution in [0, 0.1) is 23.4 Å². The predicted octanol–water partition coefficient (Wildman–Crippen LogP) is 2.88. The molecule has 1 aromatic rings. The fourth-order valence-corrected chi connectivity index (χ4v) is 2.36. The third kappa shape index (κ3) is 3.48. The van der Waals surface area contributed by atoms with Crippen LogP contribution in [0.1, 0.15) is 37.3 Å². The maximum absolute atomic E-state index is 13.2. The molecule has 0 amide bonds. The lowest BCUT2D eigenvalue weighted by Gasteiger charge is -2.26. The Morgan fingerprint density at radius 3 is 2.32 bits per heavy atom. The Hall–Kier alpha value is -1.07. The van der Waals surface area contributed by atoms with E-state index >= 15 is 0 Å². The summed E-state index contributed by atoms with van der Waals surface area (Å²) >= 11 is 0. The van der Waals surface area contributed by atoms with Gasteiger partial charge in [-0.05, 0) is 36.6 Å². The van der Waals surface area contributed by atoms with Crippen LogP contribution in [0.25, 0.3) is 0 Å². The lowest BCUT2D eigenvalue weighted by atomic mass is 9.83. The normalized spacial score (nSPS) is 17.3. The van der Waals surface area contributed by atoms with Gasteiger partial charge in [-0.1, -0.05) is 19.3 Å². The first kappa shape index (κ1) is 14.3. The van der Waals surface area contributed by atoms with Gasteiger partial charge in [0.1, 0.15) is 0 Å². The summed E-state index contributed by atoms with van der Waals surface area (Å²) < 4.78 is 39.2. The molecule has 1 atom stereocenters. The van der Waals surface area contributed by atoms with E-state index in [0.29, 0.717) is 5.56 Å². The zero-order valence-electron chi connectivity index (χ0n) is 10.8. The van der Waals surface area contributed by atoms with E-state index in [1.807, 2.05) is 0 Å². The van der Waals surface area contributed by atoms with E-state index in [0.717, 1.165) is 31.0 Å². The van der Waals surface area contributed by atoms with Crippen LogP contribution in [-0.2, 0) is 0 Å². The standard InChI is InChI=1S/C14H19F3N2/c15-11-6-10(7-12(16)14(11)17)13(8-18)19-5-4-9-2-1-3-9/h6-7,9,13,19H,1-5,8,18H2. The molecule has 0 aromatic heterocycles. The van der Waals surface area contributed by atoms with Crippen molar-refractivity contribution in [2.24, 2.45) is 11.7 Å². The zero-order valence-corrected chi connectivity index (χ0v) is 10.8. The molecule has 0 saturated heterocycles. The number of hydrogen-bond acceptors (Lipinski definition) is 2. The highest BCUT2D eigenvalue weighted by molar-refractivity contribution is 5.23. The minimum atomic E-state index is -1.44. The SMILES string of the molecule is NCC(NCCC1CCC1)c1cc(F)c(F)c(F)c1. The molecule has 1 aliphatic carbocycles. The molecule has 1 saturated carbocycles. The smallest absolute Gasteiger partial charge is 0.194 e. The van der Waals surface area contributed by atoms with Crippen LogP contribution in [0.2, 0.25) is 0 Å². The van der Waals surface area contributed by atoms with Crippen molar-refractivity contribution in [1.82, 2.24) is 5.32 Å². The van der Waals surface area contributed by atoms with Crippen molar-refractivity contribution in [3.8, 4) is 0 Å². The van der Waals surface area contributed by atoms with E-state index in [9.17, 15) is 13.2 Å². The van der Waals surface area contributed by atoms with Gasteiger partial charge in [-0.3, -0.25) is 0 Å². The molecule has 19 heavy (non-hydrogen) atoms. The van der Waals surface area contributed by atoms with Crippen LogP contribution in [0.3, 0.4) is 0 Å². The van der Waals surface area contributed by atoms with E-state index in [2.05, 4.69) is 5.32 Å². The van der Waals surface area contributed by atoms with Crippen molar-refractivity contribution in [1.29, 1.82) is 0 Å². The molecule has 0 spiro atoms. The second-order valence-electron chi connectivity index (χ2n) is 5.13. The van der Waals surface area contributed by atoms with Gasteiger partial charge in [0.25, 0.3) is 0 Å². The highest BCUT2D eigenvalue weighted by atomic mass is 19.2. The Balaban J connectivity index is 1.95. The molecule has 0 aliphatic heterocycles. The van der Waals surface area contributed by atoms with Crippen molar-refractivity contribution in [3.05, 3.63) is 35.1 Å². The molecule has 106 valence electrons. The highest BCUT2D eigenvalue weighted by Crippen LogP contribution is 2.29. The summed E-state index contributed by atoms with van der Waals surface area (Å²) in [5.74, 6) is -3.02. The van der Waals surface area contributed by atoms with E-state index in [1.54, 1.807) is 0 Å². The molecule has 2 rings (SSSR count). The van der Waals surface area contributed by atoms with Crippen LogP contribution in [0.4, 0.5) is 13.2 Å². The molecule has 1 aromatic carbocycles. The first-order valence-electron chi connectivity index (χ1n) is 6.69. The number of halogens is 3. The molecule has 5 heteroatoms. The maximum atomic E-state index is 13.2. The Bertz CT molecular complexity index is 410. The van der Waals surface area contributed by atoms with Gasteiger partial charge < -0.3 is 11.1 Å². The fourth-order valence-electron chi connectivity index (χ4n) is 2.36. The van der Waals surface area contributed by atoms with Crippen molar-refractivity contribution in [2.45, 2.75) is 31.7 Å². The maximum Gasteiger partial charge on any atom is 0.194 e. The Morgan fingerprint density at radius 1 is 1.21 bits per heavy atom. The van der Waals surface area contributed by atoms with Gasteiger partial charge in [-0.15, -0.1) is 0 Å². The summed E-state index contributed by atoms with van der Waals surface area (Å²) in [4.78, 5) is 0. The topological polar surface area (TPSA) is 38.0 Å². The van der Waals surface area contributed by atoms with Crippen LogP contribution in [0.5, 0.6) is 0 Å². The molecule has 0 bridgehead atoms. The Kier molecular flexibility index (Phi) is 4.82. The third-order valence-corrected chi connectivity index (χ3v) is 3.81. The molecule has 1 fully saturated rings. The third-order valence-electron chi connectivity index (χ3n) is 3.81. The van der Waals surface area contributed by atoms with Gasteiger partial charge in [-0.25, -0.2) is 13.2 Å². The lowest BCUT2D eigenvalue weighted by molar-refractivity contribution is 0.287. The summed E-state index contributed by atoms with van der Waals surface area (Å²) in [6.45, 7) is 0.975. The van der Waals surface area contributed by atoms with Crippen LogP contribution in [-0.4, -0.2) is 13.1 Å². The van der Waals surface area contributed by atoms with Crippen LogP contribution in [0.15, 0.2) is 12.1 Å². The van der Waals surface area contributed by atoms with Gasteiger partial charge in [0.2, 0.25) is 0 Å². The van der Waals surface area contributed by atoms with Gasteiger partial charge in [0, 0.05) is 12.6 Å². The minimum Gasteiger partial charge on any atom is -0.329 e. The summed E-state index contributed by atoms with van der Waals surface area (Å²) in [5, 5.41) is 3.18. The number of nitrogens with one attached hydrogen (secondary N) is 1. The van der Waals surface area contributed by atoms with Crippen molar-refractivity contribution >= 4 is 0 Å². The molecule has 0 radical (unpaired) electrons. The number of hydrogen-bond donors (Lipinski definition) is 2. The molecule has 2 nitrogen and oxygen atoms in total. The van der Waals surface area contributed by atoms with Gasteiger partial charge >= 0.3 is 0 Å². The first-order valence-corrected chi connectivity index (χ1v) is 6.69. The quantitative estimate of drug-likeness (QED) is 0.781. The van der Waals surface area contributed by atoms with E-state index in [1.165, 1.54) is 19.3 Å². The lowest BCUT2D eigenvalue weighted by Crippen LogP contribution is -2.31. The zero-order chi connectivity index (χ0) is 13.8. The molecular weight excluding hydrogens is 253 g/mol. The van der Waals surface area contributed by atoms with Crippen molar-refractivity contribution in [3.63, 3.8) is 0 Å². The predicted molar refractivity (Wildman–Crippen MR) is 68.1 cm³/mol. The van der Waals surface area contributed by atoms with E-state index in [-0.39, 0.29) is 12.6 Å². The van der Waals surface area contributed by atoms with E-state index < -0.39 is 17.5 Å². The average molecular weight is 272 g/mol. The number of rotatable bonds is 6. The van der Waals surface area contributed by atoms with Crippen LogP contribution < -0.4 is 11.1 Å². The molecule has 1 aliphatic rings.